The van der Waals surface area contributed by atoms with Crippen molar-refractivity contribution in [3.05, 3.63) is 23.6 Å². The van der Waals surface area contributed by atoms with Crippen LogP contribution in [0.1, 0.15) is 66.2 Å². The van der Waals surface area contributed by atoms with Crippen LogP contribution < -0.4 is 0 Å². The molecule has 0 aromatic rings. The molecule has 4 rings (SSSR count). The molecule has 0 aliphatic heterocycles. The van der Waals surface area contributed by atoms with E-state index in [4.69, 9.17) is 4.74 Å². The van der Waals surface area contributed by atoms with Crippen LogP contribution in [-0.2, 0) is 19.1 Å². The molecule has 4 aliphatic rings. The van der Waals surface area contributed by atoms with Gasteiger partial charge in [-0.2, -0.15) is 0 Å². The Hall–Kier alpha value is -1.54. The van der Waals surface area contributed by atoms with Crippen molar-refractivity contribution in [3.63, 3.8) is 0 Å². The normalized spacial score (nSPS) is 46.5. The number of alkyl halides is 1. The van der Waals surface area contributed by atoms with E-state index in [1.165, 1.54) is 12.2 Å². The number of halogens is 2. The van der Waals surface area contributed by atoms with E-state index >= 15 is 8.78 Å². The first-order chi connectivity index (χ1) is 15.3. The summed E-state index contributed by atoms with van der Waals surface area (Å²) < 4.78 is 38.5. The molecular weight excluding hydrogens is 450 g/mol. The van der Waals surface area contributed by atoms with Gasteiger partial charge < -0.3 is 9.84 Å². The standard InChI is InChI=1S/C25H32F2O5S/c1-5-6-20(30)32-25(21(31)33)13(2)9-15-16-11-18(26)17-10-14(28)7-8-22(17,3)24(16,27)19(29)12-23(15,25)4/h7-8,13,15-16,19,29H,5-6,9-12H2,1-4H3,(H,31,33)/t13-,15?,16?,19+,22?,23?,24+,25+/m1/s1. The van der Waals surface area contributed by atoms with Crippen molar-refractivity contribution in [2.45, 2.75) is 83.6 Å². The minimum Gasteiger partial charge on any atom is -0.449 e. The molecule has 5 nitrogen and oxygen atoms in total. The highest BCUT2D eigenvalue weighted by molar-refractivity contribution is 7.96. The lowest BCUT2D eigenvalue weighted by atomic mass is 9.45. The Morgan fingerprint density at radius 3 is 2.58 bits per heavy atom. The first-order valence-corrected chi connectivity index (χ1v) is 12.2. The van der Waals surface area contributed by atoms with Crippen molar-refractivity contribution >= 4 is 29.5 Å². The highest BCUT2D eigenvalue weighted by Gasteiger charge is 2.77. The van der Waals surface area contributed by atoms with E-state index < -0.39 is 62.9 Å². The summed E-state index contributed by atoms with van der Waals surface area (Å²) in [7, 11) is 0. The van der Waals surface area contributed by atoms with Crippen LogP contribution in [0.2, 0.25) is 0 Å². The monoisotopic (exact) mass is 482 g/mol. The Bertz CT molecular complexity index is 978. The lowest BCUT2D eigenvalue weighted by Crippen LogP contribution is -2.69. The summed E-state index contributed by atoms with van der Waals surface area (Å²) in [5.41, 5.74) is -6.39. The molecule has 8 heteroatoms. The fourth-order valence-electron chi connectivity index (χ4n) is 7.65. The Balaban J connectivity index is 1.86. The lowest BCUT2D eigenvalue weighted by Gasteiger charge is -2.62. The Kier molecular flexibility index (Phi) is 5.76. The predicted octanol–water partition coefficient (Wildman–Crippen LogP) is 4.44. The van der Waals surface area contributed by atoms with Crippen LogP contribution in [-0.4, -0.2) is 39.3 Å². The zero-order valence-electron chi connectivity index (χ0n) is 19.5. The van der Waals surface area contributed by atoms with Crippen molar-refractivity contribution in [1.29, 1.82) is 0 Å². The summed E-state index contributed by atoms with van der Waals surface area (Å²) in [5, 5.41) is 10.7. The van der Waals surface area contributed by atoms with Gasteiger partial charge in [0.05, 0.1) is 6.10 Å². The summed E-state index contributed by atoms with van der Waals surface area (Å²) in [6.07, 6.45) is 1.45. The molecule has 0 saturated heterocycles. The third-order valence-corrected chi connectivity index (χ3v) is 9.58. The first kappa shape index (κ1) is 24.6. The number of aliphatic hydroxyl groups is 1. The Labute approximate surface area is 198 Å². The SMILES string of the molecule is CCCC(=O)O[C@]1(C(=O)S)[C@H](C)CC2C3CC(F)=C4CC(=O)C=CC4(C)[C@@]3(F)[C@@H](O)CC21C. The third-order valence-electron chi connectivity index (χ3n) is 9.25. The molecule has 2 fully saturated rings. The average molecular weight is 483 g/mol. The molecule has 0 aromatic heterocycles. The first-order valence-electron chi connectivity index (χ1n) is 11.7. The van der Waals surface area contributed by atoms with Crippen LogP contribution >= 0.6 is 12.6 Å². The van der Waals surface area contributed by atoms with Gasteiger partial charge in [-0.25, -0.2) is 8.78 Å². The molecule has 0 spiro atoms. The molecular formula is C25H32F2O5S. The summed E-state index contributed by atoms with van der Waals surface area (Å²) >= 11 is 4.12. The topological polar surface area (TPSA) is 80.7 Å². The highest BCUT2D eigenvalue weighted by atomic mass is 32.1. The molecule has 0 amide bonds. The fourth-order valence-corrected chi connectivity index (χ4v) is 8.17. The van der Waals surface area contributed by atoms with Crippen molar-refractivity contribution in [2.24, 2.45) is 28.6 Å². The van der Waals surface area contributed by atoms with Crippen LogP contribution in [0.4, 0.5) is 8.78 Å². The molecule has 0 heterocycles. The largest absolute Gasteiger partial charge is 0.449 e. The van der Waals surface area contributed by atoms with Gasteiger partial charge >= 0.3 is 5.97 Å². The number of carbonyl (C=O) groups is 3. The van der Waals surface area contributed by atoms with Gasteiger partial charge in [0, 0.05) is 41.9 Å². The predicted molar refractivity (Wildman–Crippen MR) is 121 cm³/mol. The molecule has 0 aromatic carbocycles. The fraction of sp³-hybridized carbons (Fsp3) is 0.720. The molecule has 8 atom stereocenters. The number of rotatable bonds is 4. The minimum atomic E-state index is -2.23. The van der Waals surface area contributed by atoms with E-state index in [2.05, 4.69) is 12.6 Å². The van der Waals surface area contributed by atoms with Gasteiger partial charge in [-0.05, 0) is 43.8 Å². The minimum absolute atomic E-state index is 0.0911. The van der Waals surface area contributed by atoms with Crippen molar-refractivity contribution in [1.82, 2.24) is 0 Å². The zero-order chi connectivity index (χ0) is 24.6. The highest BCUT2D eigenvalue weighted by Crippen LogP contribution is 2.71. The number of allylic oxidation sites excluding steroid dienone is 4. The van der Waals surface area contributed by atoms with Gasteiger partial charge in [0.1, 0.15) is 5.83 Å². The quantitative estimate of drug-likeness (QED) is 0.458. The van der Waals surface area contributed by atoms with Crippen LogP contribution in [0.15, 0.2) is 23.6 Å². The van der Waals surface area contributed by atoms with Gasteiger partial charge in [-0.3, -0.25) is 14.4 Å². The van der Waals surface area contributed by atoms with Crippen LogP contribution in [0.25, 0.3) is 0 Å². The molecule has 0 radical (unpaired) electrons. The smallest absolute Gasteiger partial charge is 0.306 e. The summed E-state index contributed by atoms with van der Waals surface area (Å²) in [4.78, 5) is 37.5. The number of ketones is 1. The number of esters is 1. The maximum absolute atomic E-state index is 17.2. The third kappa shape index (κ3) is 2.95. The number of ether oxygens (including phenoxy) is 1. The van der Waals surface area contributed by atoms with E-state index in [0.29, 0.717) is 12.8 Å². The second-order valence-corrected chi connectivity index (χ2v) is 11.2. The van der Waals surface area contributed by atoms with E-state index in [9.17, 15) is 19.5 Å². The lowest BCUT2D eigenvalue weighted by molar-refractivity contribution is -0.223. The number of carbonyl (C=O) groups excluding carboxylic acids is 3. The van der Waals surface area contributed by atoms with E-state index in [1.54, 1.807) is 20.8 Å². The van der Waals surface area contributed by atoms with Gasteiger partial charge in [-0.15, -0.1) is 12.6 Å². The van der Waals surface area contributed by atoms with E-state index in [-0.39, 0.29) is 37.0 Å². The second kappa shape index (κ2) is 7.74. The molecule has 1 N–H and O–H groups in total. The molecule has 0 bridgehead atoms. The van der Waals surface area contributed by atoms with Crippen LogP contribution in [0.3, 0.4) is 0 Å². The second-order valence-electron chi connectivity index (χ2n) is 10.8. The number of fused-ring (bicyclic) bond motifs is 5. The average Bonchev–Trinajstić information content (AvgIpc) is 2.94. The number of hydrogen-bond donors (Lipinski definition) is 2. The van der Waals surface area contributed by atoms with Crippen LogP contribution in [0.5, 0.6) is 0 Å². The number of aliphatic hydroxyl groups excluding tert-OH is 1. The van der Waals surface area contributed by atoms with Crippen molar-refractivity contribution in [2.75, 3.05) is 0 Å². The van der Waals surface area contributed by atoms with Crippen LogP contribution in [0, 0.1) is 28.6 Å². The summed E-state index contributed by atoms with van der Waals surface area (Å²) in [6, 6.07) is 0. The number of hydrogen-bond acceptors (Lipinski definition) is 5. The Morgan fingerprint density at radius 2 is 1.97 bits per heavy atom. The Morgan fingerprint density at radius 1 is 1.30 bits per heavy atom. The molecule has 4 unspecified atom stereocenters. The number of thiol groups is 1. The van der Waals surface area contributed by atoms with Gasteiger partial charge in [0.2, 0.25) is 5.12 Å². The molecule has 182 valence electrons. The maximum atomic E-state index is 17.2. The van der Waals surface area contributed by atoms with E-state index in [0.717, 1.165) is 0 Å². The molecule has 33 heavy (non-hydrogen) atoms. The van der Waals surface area contributed by atoms with Gasteiger partial charge in [-0.1, -0.05) is 26.8 Å². The summed E-state index contributed by atoms with van der Waals surface area (Å²) in [5.74, 6) is -3.36. The van der Waals surface area contributed by atoms with Gasteiger partial charge in [0.15, 0.2) is 17.1 Å². The van der Waals surface area contributed by atoms with Crippen molar-refractivity contribution in [3.8, 4) is 0 Å². The molecule has 4 aliphatic carbocycles. The summed E-state index contributed by atoms with van der Waals surface area (Å²) in [6.45, 7) is 6.86. The molecule has 2 saturated carbocycles. The van der Waals surface area contributed by atoms with Gasteiger partial charge in [0.25, 0.3) is 0 Å². The van der Waals surface area contributed by atoms with E-state index in [1.807, 2.05) is 6.92 Å². The van der Waals surface area contributed by atoms with Crippen molar-refractivity contribution < 1.29 is 33.0 Å². The maximum Gasteiger partial charge on any atom is 0.306 e. The zero-order valence-corrected chi connectivity index (χ0v) is 20.4.